The lowest BCUT2D eigenvalue weighted by molar-refractivity contribution is 0.477. The molecule has 0 radical (unpaired) electrons. The molecule has 0 amide bonds. The van der Waals surface area contributed by atoms with E-state index in [1.54, 1.807) is 6.07 Å². The monoisotopic (exact) mass is 500 g/mol. The number of hydrogen-bond acceptors (Lipinski definition) is 2. The van der Waals surface area contributed by atoms with Crippen LogP contribution in [0.15, 0.2) is 144 Å². The number of phenolic OH excluding ortho intramolecular Hbond substituents is 1. The molecule has 1 N–H and O–H groups in total. The van der Waals surface area contributed by atoms with Crippen molar-refractivity contribution in [2.45, 2.75) is 5.41 Å². The Morgan fingerprint density at radius 2 is 1.13 bits per heavy atom. The molecule has 0 atom stereocenters. The van der Waals surface area contributed by atoms with Gasteiger partial charge in [0, 0.05) is 16.3 Å². The van der Waals surface area contributed by atoms with E-state index in [4.69, 9.17) is 4.42 Å². The quantitative estimate of drug-likeness (QED) is 0.262. The van der Waals surface area contributed by atoms with Crippen molar-refractivity contribution in [2.24, 2.45) is 0 Å². The van der Waals surface area contributed by atoms with E-state index >= 15 is 0 Å². The van der Waals surface area contributed by atoms with Gasteiger partial charge < -0.3 is 9.52 Å². The summed E-state index contributed by atoms with van der Waals surface area (Å²) in [6.07, 6.45) is 0. The minimum absolute atomic E-state index is 0.307. The highest BCUT2D eigenvalue weighted by molar-refractivity contribution is 6.06. The Morgan fingerprint density at radius 1 is 0.487 bits per heavy atom. The van der Waals surface area contributed by atoms with E-state index < -0.39 is 5.41 Å². The van der Waals surface area contributed by atoms with E-state index in [-0.39, 0.29) is 0 Å². The Labute approximate surface area is 226 Å². The summed E-state index contributed by atoms with van der Waals surface area (Å²) in [5.41, 5.74) is 10.1. The fraction of sp³-hybridized carbons (Fsp3) is 0.0270. The maximum absolute atomic E-state index is 11.2. The second-order valence-electron chi connectivity index (χ2n) is 10.3. The van der Waals surface area contributed by atoms with Crippen LogP contribution < -0.4 is 0 Å². The van der Waals surface area contributed by atoms with Crippen LogP contribution in [-0.2, 0) is 5.41 Å². The van der Waals surface area contributed by atoms with Gasteiger partial charge in [-0.2, -0.15) is 0 Å². The first-order valence-electron chi connectivity index (χ1n) is 13.3. The van der Waals surface area contributed by atoms with Crippen LogP contribution in [0.1, 0.15) is 22.3 Å². The first-order chi connectivity index (χ1) is 19.2. The lowest BCUT2D eigenvalue weighted by Crippen LogP contribution is -2.28. The zero-order chi connectivity index (χ0) is 26.0. The number of fused-ring (bicyclic) bond motifs is 6. The summed E-state index contributed by atoms with van der Waals surface area (Å²) >= 11 is 0. The van der Waals surface area contributed by atoms with Gasteiger partial charge in [0.1, 0.15) is 16.9 Å². The number of benzene rings is 6. The van der Waals surface area contributed by atoms with Crippen LogP contribution >= 0.6 is 0 Å². The van der Waals surface area contributed by atoms with Crippen LogP contribution in [-0.4, -0.2) is 5.11 Å². The Morgan fingerprint density at radius 3 is 1.90 bits per heavy atom. The van der Waals surface area contributed by atoms with Gasteiger partial charge in [0.2, 0.25) is 0 Å². The summed E-state index contributed by atoms with van der Waals surface area (Å²) in [4.78, 5) is 0. The molecule has 39 heavy (non-hydrogen) atoms. The van der Waals surface area contributed by atoms with Gasteiger partial charge in [-0.25, -0.2) is 0 Å². The zero-order valence-corrected chi connectivity index (χ0v) is 21.1. The third-order valence-electron chi connectivity index (χ3n) is 8.26. The van der Waals surface area contributed by atoms with Crippen LogP contribution in [0.3, 0.4) is 0 Å². The highest BCUT2D eigenvalue weighted by Crippen LogP contribution is 2.58. The predicted molar refractivity (Wildman–Crippen MR) is 158 cm³/mol. The fourth-order valence-electron chi connectivity index (χ4n) is 6.60. The molecule has 1 aliphatic rings. The summed E-state index contributed by atoms with van der Waals surface area (Å²) in [6, 6.07) is 48.5. The van der Waals surface area contributed by atoms with Crippen LogP contribution in [0.25, 0.3) is 44.2 Å². The molecule has 1 aliphatic carbocycles. The van der Waals surface area contributed by atoms with Gasteiger partial charge in [0.15, 0.2) is 0 Å². The molecular weight excluding hydrogens is 476 g/mol. The Balaban J connectivity index is 1.44. The second kappa shape index (κ2) is 8.21. The molecule has 6 aromatic carbocycles. The molecule has 0 aliphatic heterocycles. The molecule has 0 fully saturated rings. The van der Waals surface area contributed by atoms with E-state index in [1.807, 2.05) is 18.2 Å². The number of furan rings is 1. The number of phenols is 1. The minimum Gasteiger partial charge on any atom is -0.507 e. The van der Waals surface area contributed by atoms with Crippen molar-refractivity contribution in [3.8, 4) is 28.0 Å². The molecule has 2 heteroatoms. The van der Waals surface area contributed by atoms with Crippen molar-refractivity contribution >= 4 is 21.9 Å². The highest BCUT2D eigenvalue weighted by atomic mass is 16.3. The van der Waals surface area contributed by atoms with Crippen LogP contribution in [0.2, 0.25) is 0 Å². The van der Waals surface area contributed by atoms with Crippen molar-refractivity contribution in [1.29, 1.82) is 0 Å². The molecule has 184 valence electrons. The normalized spacial score (nSPS) is 13.4. The van der Waals surface area contributed by atoms with E-state index in [0.29, 0.717) is 5.75 Å². The molecule has 0 spiro atoms. The molecule has 8 rings (SSSR count). The SMILES string of the molecule is Oc1cccc2c1-c1ccc(-c3ccc4oc5ccccc5c4c3)cc1C2(c1ccccc1)c1ccccc1. The molecule has 0 saturated heterocycles. The number of aromatic hydroxyl groups is 1. The molecule has 0 saturated carbocycles. The lowest BCUT2D eigenvalue weighted by Gasteiger charge is -2.34. The standard InChI is InChI=1S/C37H24O2/c38-33-16-9-15-31-36(33)29-20-18-25(24-19-21-35-30(22-24)28-14-7-8-17-34(28)39-35)23-32(29)37(31,26-10-3-1-4-11-26)27-12-5-2-6-13-27/h1-23,38H. The Bertz CT molecular complexity index is 1980. The van der Waals surface area contributed by atoms with Gasteiger partial charge >= 0.3 is 0 Å². The number of rotatable bonds is 3. The topological polar surface area (TPSA) is 33.4 Å². The molecule has 0 unspecified atom stereocenters. The van der Waals surface area contributed by atoms with Gasteiger partial charge in [-0.15, -0.1) is 0 Å². The molecule has 0 bridgehead atoms. The van der Waals surface area contributed by atoms with Gasteiger partial charge in [-0.1, -0.05) is 109 Å². The Hall–Kier alpha value is -5.08. The van der Waals surface area contributed by atoms with E-state index in [9.17, 15) is 5.11 Å². The zero-order valence-electron chi connectivity index (χ0n) is 21.1. The van der Waals surface area contributed by atoms with Crippen molar-refractivity contribution in [1.82, 2.24) is 0 Å². The smallest absolute Gasteiger partial charge is 0.135 e. The molecular formula is C37H24O2. The Kier molecular flexibility index (Phi) is 4.62. The van der Waals surface area contributed by atoms with Gasteiger partial charge in [-0.05, 0) is 69.3 Å². The van der Waals surface area contributed by atoms with Crippen LogP contribution in [0, 0.1) is 0 Å². The highest BCUT2D eigenvalue weighted by Gasteiger charge is 2.47. The van der Waals surface area contributed by atoms with Crippen molar-refractivity contribution in [3.63, 3.8) is 0 Å². The first-order valence-corrected chi connectivity index (χ1v) is 13.3. The average Bonchev–Trinajstić information content (AvgIpc) is 3.52. The van der Waals surface area contributed by atoms with Gasteiger partial charge in [-0.3, -0.25) is 0 Å². The lowest BCUT2D eigenvalue weighted by atomic mass is 9.67. The first kappa shape index (κ1) is 22.0. The van der Waals surface area contributed by atoms with E-state index in [0.717, 1.165) is 49.8 Å². The fourth-order valence-corrected chi connectivity index (χ4v) is 6.60. The third-order valence-corrected chi connectivity index (χ3v) is 8.26. The molecule has 1 heterocycles. The van der Waals surface area contributed by atoms with Crippen molar-refractivity contribution < 1.29 is 9.52 Å². The third kappa shape index (κ3) is 3.03. The predicted octanol–water partition coefficient (Wildman–Crippen LogP) is 9.32. The van der Waals surface area contributed by atoms with E-state index in [2.05, 4.69) is 115 Å². The van der Waals surface area contributed by atoms with Crippen LogP contribution in [0.5, 0.6) is 5.75 Å². The summed E-state index contributed by atoms with van der Waals surface area (Å²) in [7, 11) is 0. The van der Waals surface area contributed by atoms with E-state index in [1.165, 1.54) is 16.7 Å². The summed E-state index contributed by atoms with van der Waals surface area (Å²) in [5, 5.41) is 13.4. The van der Waals surface area contributed by atoms with Crippen molar-refractivity contribution in [3.05, 3.63) is 162 Å². The maximum atomic E-state index is 11.2. The number of para-hydroxylation sites is 1. The molecule has 1 aromatic heterocycles. The largest absolute Gasteiger partial charge is 0.507 e. The average molecular weight is 501 g/mol. The van der Waals surface area contributed by atoms with Crippen molar-refractivity contribution in [2.75, 3.05) is 0 Å². The van der Waals surface area contributed by atoms with Gasteiger partial charge in [0.25, 0.3) is 0 Å². The second-order valence-corrected chi connectivity index (χ2v) is 10.3. The van der Waals surface area contributed by atoms with Crippen LogP contribution in [0.4, 0.5) is 0 Å². The molecule has 2 nitrogen and oxygen atoms in total. The maximum Gasteiger partial charge on any atom is 0.135 e. The summed E-state index contributed by atoms with van der Waals surface area (Å²) < 4.78 is 6.09. The molecule has 7 aromatic rings. The minimum atomic E-state index is -0.561. The number of hydrogen-bond donors (Lipinski definition) is 1. The summed E-state index contributed by atoms with van der Waals surface area (Å²) in [6.45, 7) is 0. The summed E-state index contributed by atoms with van der Waals surface area (Å²) in [5.74, 6) is 0.307. The van der Waals surface area contributed by atoms with Gasteiger partial charge in [0.05, 0.1) is 5.41 Å².